The summed E-state index contributed by atoms with van der Waals surface area (Å²) < 4.78 is 5.30. The molecular weight excluding hydrogens is 264 g/mol. The van der Waals surface area contributed by atoms with Crippen LogP contribution in [-0.2, 0) is 11.2 Å². The van der Waals surface area contributed by atoms with Gasteiger partial charge in [0.2, 0.25) is 5.91 Å². The molecular formula is C14H13ClN2O2. The molecule has 2 aromatic rings. The highest BCUT2D eigenvalue weighted by atomic mass is 35.5. The lowest BCUT2D eigenvalue weighted by Gasteiger charge is -2.12. The molecule has 1 atom stereocenters. The summed E-state index contributed by atoms with van der Waals surface area (Å²) in [5.74, 6) is 0.819. The van der Waals surface area contributed by atoms with Gasteiger partial charge in [0.15, 0.2) is 5.76 Å². The van der Waals surface area contributed by atoms with Crippen molar-refractivity contribution in [3.63, 3.8) is 0 Å². The zero-order chi connectivity index (χ0) is 13.4. The quantitative estimate of drug-likeness (QED) is 0.869. The highest BCUT2D eigenvalue weighted by Crippen LogP contribution is 2.33. The largest absolute Gasteiger partial charge is 0.359 e. The Hall–Kier alpha value is -1.81. The summed E-state index contributed by atoms with van der Waals surface area (Å²) in [6, 6.07) is 7.58. The maximum absolute atomic E-state index is 11.9. The first kappa shape index (κ1) is 12.2. The molecule has 4 nitrogen and oxygen atoms in total. The van der Waals surface area contributed by atoms with Gasteiger partial charge in [0.25, 0.3) is 0 Å². The van der Waals surface area contributed by atoms with Crippen LogP contribution in [-0.4, -0.2) is 11.1 Å². The first-order valence-electron chi connectivity index (χ1n) is 6.14. The molecule has 0 aliphatic carbocycles. The number of fused-ring (bicyclic) bond motifs is 1. The van der Waals surface area contributed by atoms with Gasteiger partial charge < -0.3 is 9.84 Å². The molecule has 1 unspecified atom stereocenters. The molecule has 2 heterocycles. The van der Waals surface area contributed by atoms with Crippen molar-refractivity contribution in [2.45, 2.75) is 25.7 Å². The molecule has 1 aliphatic heterocycles. The van der Waals surface area contributed by atoms with Gasteiger partial charge in [-0.1, -0.05) is 28.9 Å². The number of nitrogens with one attached hydrogen (secondary N) is 1. The average Bonchev–Trinajstić information content (AvgIpc) is 2.63. The highest BCUT2D eigenvalue weighted by Gasteiger charge is 2.27. The van der Waals surface area contributed by atoms with E-state index in [0.717, 1.165) is 22.7 Å². The van der Waals surface area contributed by atoms with Crippen molar-refractivity contribution in [2.75, 3.05) is 5.32 Å². The molecule has 1 aromatic heterocycles. The maximum Gasteiger partial charge on any atom is 0.225 e. The summed E-state index contributed by atoms with van der Waals surface area (Å²) in [5.41, 5.74) is 2.53. The number of rotatable bonds is 1. The van der Waals surface area contributed by atoms with E-state index in [1.807, 2.05) is 31.2 Å². The lowest BCUT2D eigenvalue weighted by molar-refractivity contribution is -0.116. The van der Waals surface area contributed by atoms with Crippen LogP contribution in [0.15, 0.2) is 28.8 Å². The van der Waals surface area contributed by atoms with Crippen molar-refractivity contribution in [3.8, 4) is 0 Å². The SMILES string of the molecule is Cc1noc2c1NC(=O)CC(c1ccc(Cl)cc1)C2. The van der Waals surface area contributed by atoms with E-state index >= 15 is 0 Å². The summed E-state index contributed by atoms with van der Waals surface area (Å²) in [6.45, 7) is 1.82. The van der Waals surface area contributed by atoms with Crippen molar-refractivity contribution in [2.24, 2.45) is 0 Å². The van der Waals surface area contributed by atoms with Crippen molar-refractivity contribution < 1.29 is 9.32 Å². The molecule has 1 aliphatic rings. The molecule has 0 saturated heterocycles. The van der Waals surface area contributed by atoms with Crippen LogP contribution in [0.4, 0.5) is 5.69 Å². The van der Waals surface area contributed by atoms with Crippen LogP contribution in [0.3, 0.4) is 0 Å². The number of amides is 1. The molecule has 0 spiro atoms. The minimum absolute atomic E-state index is 0.00926. The summed E-state index contributed by atoms with van der Waals surface area (Å²) >= 11 is 5.89. The molecule has 1 aromatic carbocycles. The third-order valence-electron chi connectivity index (χ3n) is 3.40. The Morgan fingerprint density at radius 2 is 2.05 bits per heavy atom. The molecule has 19 heavy (non-hydrogen) atoms. The van der Waals surface area contributed by atoms with E-state index < -0.39 is 0 Å². The summed E-state index contributed by atoms with van der Waals surface area (Å²) in [4.78, 5) is 11.9. The van der Waals surface area contributed by atoms with Gasteiger partial charge in [-0.15, -0.1) is 0 Å². The Labute approximate surface area is 115 Å². The normalized spacial score (nSPS) is 18.6. The summed E-state index contributed by atoms with van der Waals surface area (Å²) in [5, 5.41) is 7.46. The van der Waals surface area contributed by atoms with Crippen LogP contribution in [0.2, 0.25) is 5.02 Å². The number of nitrogens with zero attached hydrogens (tertiary/aromatic N) is 1. The fourth-order valence-corrected chi connectivity index (χ4v) is 2.52. The second kappa shape index (κ2) is 4.70. The minimum Gasteiger partial charge on any atom is -0.359 e. The van der Waals surface area contributed by atoms with E-state index in [1.165, 1.54) is 0 Å². The third-order valence-corrected chi connectivity index (χ3v) is 3.65. The van der Waals surface area contributed by atoms with Gasteiger partial charge in [-0.05, 0) is 30.5 Å². The second-order valence-electron chi connectivity index (χ2n) is 4.77. The molecule has 0 bridgehead atoms. The number of halogens is 1. The van der Waals surface area contributed by atoms with Gasteiger partial charge in [0, 0.05) is 17.9 Å². The predicted molar refractivity (Wildman–Crippen MR) is 72.4 cm³/mol. The van der Waals surface area contributed by atoms with Crippen molar-refractivity contribution >= 4 is 23.2 Å². The van der Waals surface area contributed by atoms with E-state index in [9.17, 15) is 4.79 Å². The van der Waals surface area contributed by atoms with Crippen molar-refractivity contribution in [3.05, 3.63) is 46.3 Å². The van der Waals surface area contributed by atoms with Crippen LogP contribution in [0.25, 0.3) is 0 Å². The summed E-state index contributed by atoms with van der Waals surface area (Å²) in [6.07, 6.45) is 1.10. The third kappa shape index (κ3) is 2.36. The first-order valence-corrected chi connectivity index (χ1v) is 6.52. The van der Waals surface area contributed by atoms with E-state index in [0.29, 0.717) is 17.9 Å². The predicted octanol–water partition coefficient (Wildman–Crippen LogP) is 3.30. The van der Waals surface area contributed by atoms with E-state index in [1.54, 1.807) is 0 Å². The zero-order valence-corrected chi connectivity index (χ0v) is 11.2. The van der Waals surface area contributed by atoms with Crippen LogP contribution in [0.5, 0.6) is 0 Å². The second-order valence-corrected chi connectivity index (χ2v) is 5.21. The fraction of sp³-hybridized carbons (Fsp3) is 0.286. The standard InChI is InChI=1S/C14H13ClN2O2/c1-8-14-12(19-17-8)6-10(7-13(18)16-14)9-2-4-11(15)5-3-9/h2-5,10H,6-7H2,1H3,(H,16,18). The van der Waals surface area contributed by atoms with Crippen LogP contribution < -0.4 is 5.32 Å². The van der Waals surface area contributed by atoms with E-state index in [2.05, 4.69) is 10.5 Å². The number of carbonyl (C=O) groups excluding carboxylic acids is 1. The van der Waals surface area contributed by atoms with E-state index in [4.69, 9.17) is 16.1 Å². The molecule has 0 radical (unpaired) electrons. The van der Waals surface area contributed by atoms with E-state index in [-0.39, 0.29) is 11.8 Å². The number of carbonyl (C=O) groups is 1. The molecule has 98 valence electrons. The molecule has 1 N–H and O–H groups in total. The summed E-state index contributed by atoms with van der Waals surface area (Å²) in [7, 11) is 0. The molecule has 3 rings (SSSR count). The van der Waals surface area contributed by atoms with Crippen molar-refractivity contribution in [1.82, 2.24) is 5.16 Å². The van der Waals surface area contributed by atoms with Gasteiger partial charge in [-0.25, -0.2) is 0 Å². The zero-order valence-electron chi connectivity index (χ0n) is 10.4. The van der Waals surface area contributed by atoms with Gasteiger partial charge in [0.1, 0.15) is 11.4 Å². The monoisotopic (exact) mass is 276 g/mol. The Morgan fingerprint density at radius 3 is 2.79 bits per heavy atom. The Balaban J connectivity index is 1.95. The highest BCUT2D eigenvalue weighted by molar-refractivity contribution is 6.30. The Morgan fingerprint density at radius 1 is 1.32 bits per heavy atom. The number of hydrogen-bond donors (Lipinski definition) is 1. The van der Waals surface area contributed by atoms with Crippen LogP contribution >= 0.6 is 11.6 Å². The number of benzene rings is 1. The van der Waals surface area contributed by atoms with Gasteiger partial charge in [-0.2, -0.15) is 0 Å². The van der Waals surface area contributed by atoms with Gasteiger partial charge in [-0.3, -0.25) is 4.79 Å². The number of anilines is 1. The van der Waals surface area contributed by atoms with Crippen molar-refractivity contribution in [1.29, 1.82) is 0 Å². The lowest BCUT2D eigenvalue weighted by Crippen LogP contribution is -2.13. The molecule has 0 fully saturated rings. The van der Waals surface area contributed by atoms with Crippen LogP contribution in [0, 0.1) is 6.92 Å². The van der Waals surface area contributed by atoms with Gasteiger partial charge in [0.05, 0.1) is 0 Å². The molecule has 5 heteroatoms. The average molecular weight is 277 g/mol. The number of aromatic nitrogens is 1. The molecule has 0 saturated carbocycles. The van der Waals surface area contributed by atoms with Gasteiger partial charge >= 0.3 is 0 Å². The topological polar surface area (TPSA) is 55.1 Å². The maximum atomic E-state index is 11.9. The lowest BCUT2D eigenvalue weighted by atomic mass is 9.92. The first-order chi connectivity index (χ1) is 9.13. The smallest absolute Gasteiger partial charge is 0.225 e. The molecule has 1 amide bonds. The van der Waals surface area contributed by atoms with Crippen LogP contribution in [0.1, 0.15) is 29.4 Å². The number of aryl methyl sites for hydroxylation is 1. The minimum atomic E-state index is -0.00926. The number of hydrogen-bond acceptors (Lipinski definition) is 3. The Kier molecular flexibility index (Phi) is 3.03. The fourth-order valence-electron chi connectivity index (χ4n) is 2.40. The Bertz CT molecular complexity index is 619.